The normalized spacial score (nSPS) is 11.1. The van der Waals surface area contributed by atoms with Gasteiger partial charge in [0.15, 0.2) is 23.8 Å². The molecule has 1 amide bonds. The third kappa shape index (κ3) is 5.17. The highest BCUT2D eigenvalue weighted by Crippen LogP contribution is 2.38. The van der Waals surface area contributed by atoms with Crippen LogP contribution in [0.5, 0.6) is 23.1 Å². The number of benzene rings is 3. The lowest BCUT2D eigenvalue weighted by Gasteiger charge is -2.11. The number of aryl methyl sites for hydroxylation is 1. The molecule has 0 radical (unpaired) electrons. The summed E-state index contributed by atoms with van der Waals surface area (Å²) in [6, 6.07) is 22.1. The molecule has 0 aliphatic carbocycles. The summed E-state index contributed by atoms with van der Waals surface area (Å²) in [7, 11) is 1.58. The van der Waals surface area contributed by atoms with Crippen molar-refractivity contribution in [3.63, 3.8) is 0 Å². The number of fused-ring (bicyclic) bond motifs is 1. The van der Waals surface area contributed by atoms with Crippen LogP contribution < -0.4 is 14.2 Å². The van der Waals surface area contributed by atoms with Gasteiger partial charge in [-0.1, -0.05) is 42.5 Å². The number of amides is 1. The number of rotatable bonds is 9. The number of ether oxygens (including phenoxy) is 3. The lowest BCUT2D eigenvalue weighted by molar-refractivity contribution is -0.120. The Kier molecular flexibility index (Phi) is 7.07. The van der Waals surface area contributed by atoms with Crippen molar-refractivity contribution in [1.29, 1.82) is 0 Å². The molecule has 3 aromatic carbocycles. The first kappa shape index (κ1) is 22.8. The molecule has 1 heterocycles. The van der Waals surface area contributed by atoms with Crippen LogP contribution >= 0.6 is 0 Å². The van der Waals surface area contributed by atoms with Gasteiger partial charge < -0.3 is 23.9 Å². The van der Waals surface area contributed by atoms with Crippen molar-refractivity contribution in [3.8, 4) is 23.1 Å². The monoisotopic (exact) mass is 459 g/mol. The fraction of sp³-hybridized carbons (Fsp3) is 0.192. The van der Waals surface area contributed by atoms with E-state index in [2.05, 4.69) is 10.2 Å². The number of para-hydroxylation sites is 3. The van der Waals surface area contributed by atoms with Gasteiger partial charge in [-0.15, -0.1) is 10.2 Å². The molecule has 0 unspecified atom stereocenters. The lowest BCUT2D eigenvalue weighted by atomic mass is 10.2. The van der Waals surface area contributed by atoms with Gasteiger partial charge in [0.05, 0.1) is 19.2 Å². The molecule has 4 aromatic rings. The van der Waals surface area contributed by atoms with Gasteiger partial charge in [-0.25, -0.2) is 0 Å². The summed E-state index contributed by atoms with van der Waals surface area (Å²) in [5, 5.41) is 19.3. The molecular formula is C26H25N3O5. The van der Waals surface area contributed by atoms with E-state index in [-0.39, 0.29) is 24.8 Å². The lowest BCUT2D eigenvalue weighted by Crippen LogP contribution is -2.08. The summed E-state index contributed by atoms with van der Waals surface area (Å²) in [6.45, 7) is 2.32. The van der Waals surface area contributed by atoms with Crippen molar-refractivity contribution >= 4 is 22.5 Å². The maximum Gasteiger partial charge on any atom is 0.302 e. The molecule has 174 valence electrons. The summed E-state index contributed by atoms with van der Waals surface area (Å²) < 4.78 is 18.3. The first-order valence-electron chi connectivity index (χ1n) is 10.8. The van der Waals surface area contributed by atoms with Crippen molar-refractivity contribution in [2.45, 2.75) is 13.5 Å². The fourth-order valence-electron chi connectivity index (χ4n) is 3.57. The smallest absolute Gasteiger partial charge is 0.302 e. The minimum atomic E-state index is -0.558. The zero-order chi connectivity index (χ0) is 23.9. The number of carbonyl (C=O) groups excluding carboxylic acids is 1. The Bertz CT molecular complexity index is 1330. The number of methoxy groups -OCH3 is 1. The molecule has 8 heteroatoms. The number of nitrogens with zero attached hydrogens (tertiary/aromatic N) is 3. The Morgan fingerprint density at radius 3 is 2.53 bits per heavy atom. The number of hydrogen-bond donors (Lipinski definition) is 1. The largest absolute Gasteiger partial charge is 0.493 e. The van der Waals surface area contributed by atoms with E-state index in [4.69, 9.17) is 14.2 Å². The van der Waals surface area contributed by atoms with E-state index in [9.17, 15) is 9.90 Å². The van der Waals surface area contributed by atoms with Crippen LogP contribution in [0.15, 0.2) is 83.0 Å². The molecule has 0 bridgehead atoms. The number of aromatic hydroxyl groups is 1. The molecule has 8 nitrogen and oxygen atoms in total. The second kappa shape index (κ2) is 10.5. The Morgan fingerprint density at radius 2 is 1.74 bits per heavy atom. The standard InChI is InChI=1S/C26H25N3O5/c1-18-8-7-9-19(16-18)34-17-24(30)27-28-25-20-10-3-4-11-21(20)29(26(25)31)14-15-33-23-13-6-5-12-22(23)32-2/h3-13,16,31H,14-15,17H2,1-2H3. The van der Waals surface area contributed by atoms with E-state index < -0.39 is 5.91 Å². The SMILES string of the molecule is COc1ccccc1OCCn1c(O)c(N=NC(=O)COc2cccc(C)c2)c2ccccc21. The molecule has 0 spiro atoms. The van der Waals surface area contributed by atoms with E-state index in [1.54, 1.807) is 17.7 Å². The Balaban J connectivity index is 1.47. The van der Waals surface area contributed by atoms with E-state index >= 15 is 0 Å². The van der Waals surface area contributed by atoms with Crippen LogP contribution in [0.2, 0.25) is 0 Å². The molecule has 34 heavy (non-hydrogen) atoms. The highest BCUT2D eigenvalue weighted by Gasteiger charge is 2.17. The summed E-state index contributed by atoms with van der Waals surface area (Å²) in [4.78, 5) is 12.2. The van der Waals surface area contributed by atoms with Crippen LogP contribution in [-0.2, 0) is 11.3 Å². The molecule has 0 fully saturated rings. The molecular weight excluding hydrogens is 434 g/mol. The number of aromatic nitrogens is 1. The minimum absolute atomic E-state index is 0.0963. The third-order valence-corrected chi connectivity index (χ3v) is 5.17. The molecule has 0 saturated heterocycles. The summed E-state index contributed by atoms with van der Waals surface area (Å²) >= 11 is 0. The van der Waals surface area contributed by atoms with Crippen LogP contribution in [0.3, 0.4) is 0 Å². The fourth-order valence-corrected chi connectivity index (χ4v) is 3.57. The van der Waals surface area contributed by atoms with Crippen molar-refractivity contribution in [1.82, 2.24) is 4.57 Å². The van der Waals surface area contributed by atoms with Crippen LogP contribution in [0.1, 0.15) is 5.56 Å². The molecule has 0 saturated carbocycles. The molecule has 0 aliphatic heterocycles. The first-order valence-corrected chi connectivity index (χ1v) is 10.8. The second-order valence-corrected chi connectivity index (χ2v) is 7.54. The van der Waals surface area contributed by atoms with Gasteiger partial charge in [0.2, 0.25) is 5.88 Å². The van der Waals surface area contributed by atoms with Crippen molar-refractivity contribution in [2.75, 3.05) is 20.3 Å². The maximum absolute atomic E-state index is 12.2. The Morgan fingerprint density at radius 1 is 0.971 bits per heavy atom. The third-order valence-electron chi connectivity index (χ3n) is 5.17. The molecule has 0 atom stereocenters. The van der Waals surface area contributed by atoms with E-state index in [1.807, 2.05) is 73.7 Å². The summed E-state index contributed by atoms with van der Waals surface area (Å²) in [5.74, 6) is 1.17. The van der Waals surface area contributed by atoms with E-state index in [1.165, 1.54) is 0 Å². The minimum Gasteiger partial charge on any atom is -0.493 e. The van der Waals surface area contributed by atoms with Crippen molar-refractivity contribution < 1.29 is 24.1 Å². The van der Waals surface area contributed by atoms with E-state index in [0.29, 0.717) is 29.2 Å². The van der Waals surface area contributed by atoms with Gasteiger partial charge in [-0.2, -0.15) is 0 Å². The van der Waals surface area contributed by atoms with Gasteiger partial charge in [0.1, 0.15) is 12.4 Å². The zero-order valence-corrected chi connectivity index (χ0v) is 19.0. The molecule has 4 rings (SSSR count). The predicted molar refractivity (Wildman–Crippen MR) is 128 cm³/mol. The van der Waals surface area contributed by atoms with Gasteiger partial charge in [-0.05, 0) is 42.8 Å². The van der Waals surface area contributed by atoms with Crippen molar-refractivity contribution in [3.05, 3.63) is 78.4 Å². The van der Waals surface area contributed by atoms with Crippen LogP contribution in [0, 0.1) is 6.92 Å². The number of carbonyl (C=O) groups is 1. The maximum atomic E-state index is 12.2. The summed E-state index contributed by atoms with van der Waals surface area (Å²) in [5.41, 5.74) is 2.00. The highest BCUT2D eigenvalue weighted by molar-refractivity contribution is 5.95. The molecule has 0 aliphatic rings. The van der Waals surface area contributed by atoms with Crippen molar-refractivity contribution in [2.24, 2.45) is 10.2 Å². The quantitative estimate of drug-likeness (QED) is 0.337. The van der Waals surface area contributed by atoms with Gasteiger partial charge in [-0.3, -0.25) is 4.79 Å². The van der Waals surface area contributed by atoms with Crippen LogP contribution in [-0.4, -0.2) is 35.9 Å². The number of azo groups is 1. The Labute approximate surface area is 197 Å². The van der Waals surface area contributed by atoms with Crippen LogP contribution in [0.4, 0.5) is 5.69 Å². The van der Waals surface area contributed by atoms with Crippen LogP contribution in [0.25, 0.3) is 10.9 Å². The van der Waals surface area contributed by atoms with E-state index in [0.717, 1.165) is 11.1 Å². The average Bonchev–Trinajstić information content (AvgIpc) is 3.12. The highest BCUT2D eigenvalue weighted by atomic mass is 16.5. The van der Waals surface area contributed by atoms with Gasteiger partial charge >= 0.3 is 5.91 Å². The molecule has 1 N–H and O–H groups in total. The van der Waals surface area contributed by atoms with Gasteiger partial charge in [0.25, 0.3) is 0 Å². The van der Waals surface area contributed by atoms with Gasteiger partial charge in [0, 0.05) is 5.39 Å². The first-order chi connectivity index (χ1) is 16.6. The zero-order valence-electron chi connectivity index (χ0n) is 19.0. The second-order valence-electron chi connectivity index (χ2n) is 7.54. The molecule has 1 aromatic heterocycles. The topological polar surface area (TPSA) is 94.6 Å². The Hall–Kier alpha value is -4.33. The average molecular weight is 460 g/mol. The predicted octanol–water partition coefficient (Wildman–Crippen LogP) is 5.43. The summed E-state index contributed by atoms with van der Waals surface area (Å²) in [6.07, 6.45) is 0. The number of hydrogen-bond acceptors (Lipinski definition) is 6.